The maximum Gasteiger partial charge on any atom is 0.321 e. The number of hydrogen-bond acceptors (Lipinski definition) is 5. The van der Waals surface area contributed by atoms with Crippen LogP contribution in [0.2, 0.25) is 0 Å². The number of hydrogen-bond donors (Lipinski definition) is 1. The van der Waals surface area contributed by atoms with Crippen LogP contribution in [0.4, 0.5) is 0 Å². The Morgan fingerprint density at radius 2 is 1.75 bits per heavy atom. The first-order valence-corrected chi connectivity index (χ1v) is 6.48. The molecule has 0 saturated carbocycles. The molecule has 0 aromatic heterocycles. The maximum atomic E-state index is 11.3. The summed E-state index contributed by atoms with van der Waals surface area (Å²) in [7, 11) is -3.70. The van der Waals surface area contributed by atoms with Gasteiger partial charge in [-0.25, -0.2) is 8.42 Å². The van der Waals surface area contributed by atoms with E-state index in [0.29, 0.717) is 0 Å². The van der Waals surface area contributed by atoms with Crippen molar-refractivity contribution in [2.75, 3.05) is 11.5 Å². The van der Waals surface area contributed by atoms with Crippen molar-refractivity contribution < 1.29 is 27.9 Å². The molecular weight excluding hydrogens is 236 g/mol. The highest BCUT2D eigenvalue weighted by Gasteiger charge is 2.23. The number of ether oxygens (including phenoxy) is 1. The normalized spacial score (nSPS) is 12.2. The van der Waals surface area contributed by atoms with E-state index in [-0.39, 0.29) is 0 Å². The lowest BCUT2D eigenvalue weighted by Crippen LogP contribution is -2.29. The molecule has 0 aromatic carbocycles. The van der Waals surface area contributed by atoms with E-state index in [0.717, 1.165) is 0 Å². The van der Waals surface area contributed by atoms with Crippen molar-refractivity contribution in [1.82, 2.24) is 0 Å². The first kappa shape index (κ1) is 14.9. The van der Waals surface area contributed by atoms with Gasteiger partial charge in [0, 0.05) is 0 Å². The van der Waals surface area contributed by atoms with Gasteiger partial charge in [-0.05, 0) is 20.8 Å². The zero-order valence-corrected chi connectivity index (χ0v) is 10.3. The second kappa shape index (κ2) is 5.29. The van der Waals surface area contributed by atoms with Gasteiger partial charge in [0.25, 0.3) is 0 Å². The summed E-state index contributed by atoms with van der Waals surface area (Å²) in [4.78, 5) is 21.4. The van der Waals surface area contributed by atoms with E-state index < -0.39 is 45.3 Å². The van der Waals surface area contributed by atoms with Crippen molar-refractivity contribution in [1.29, 1.82) is 0 Å². The van der Waals surface area contributed by atoms with E-state index in [1.807, 2.05) is 0 Å². The van der Waals surface area contributed by atoms with E-state index in [4.69, 9.17) is 9.84 Å². The average Bonchev–Trinajstić information content (AvgIpc) is 1.95. The number of esters is 1. The Morgan fingerprint density at radius 1 is 1.25 bits per heavy atom. The highest BCUT2D eigenvalue weighted by molar-refractivity contribution is 7.92. The summed E-state index contributed by atoms with van der Waals surface area (Å²) in [5, 5.41) is 8.32. The minimum atomic E-state index is -3.70. The summed E-state index contributed by atoms with van der Waals surface area (Å²) in [6.45, 7) is 4.86. The monoisotopic (exact) mass is 252 g/mol. The number of sulfone groups is 1. The van der Waals surface area contributed by atoms with E-state index >= 15 is 0 Å². The molecule has 0 amide bonds. The first-order chi connectivity index (χ1) is 7.02. The van der Waals surface area contributed by atoms with Crippen LogP contribution in [0.5, 0.6) is 0 Å². The van der Waals surface area contributed by atoms with Gasteiger partial charge in [0.2, 0.25) is 0 Å². The Morgan fingerprint density at radius 3 is 2.12 bits per heavy atom. The van der Waals surface area contributed by atoms with Gasteiger partial charge in [-0.1, -0.05) is 0 Å². The molecule has 0 saturated heterocycles. The van der Waals surface area contributed by atoms with Crippen LogP contribution in [0.1, 0.15) is 27.2 Å². The molecule has 0 spiro atoms. The molecule has 0 rings (SSSR count). The predicted molar refractivity (Wildman–Crippen MR) is 56.8 cm³/mol. The number of carboxylic acid groups (broad SMARTS) is 1. The molecule has 0 fully saturated rings. The van der Waals surface area contributed by atoms with Gasteiger partial charge in [-0.2, -0.15) is 0 Å². The standard InChI is InChI=1S/C9H16O6S/c1-9(2,3)15-8(12)6-16(13,14)5-4-7(10)11/h4-6H2,1-3H3,(H,10,11). The van der Waals surface area contributed by atoms with Crippen molar-refractivity contribution in [2.24, 2.45) is 0 Å². The topological polar surface area (TPSA) is 97.7 Å². The predicted octanol–water partition coefficient (Wildman–Crippen LogP) is 0.218. The lowest BCUT2D eigenvalue weighted by Gasteiger charge is -2.19. The molecule has 0 bridgehead atoms. The molecule has 0 aliphatic rings. The summed E-state index contributed by atoms with van der Waals surface area (Å²) in [5.74, 6) is -3.41. The van der Waals surface area contributed by atoms with Crippen molar-refractivity contribution in [3.05, 3.63) is 0 Å². The summed E-state index contributed by atoms with van der Waals surface area (Å²) < 4.78 is 27.3. The molecule has 0 aromatic rings. The number of carboxylic acids is 1. The molecule has 0 atom stereocenters. The second-order valence-corrected chi connectivity index (χ2v) is 6.51. The van der Waals surface area contributed by atoms with Gasteiger partial charge in [-0.15, -0.1) is 0 Å². The van der Waals surface area contributed by atoms with Crippen LogP contribution in [0, 0.1) is 0 Å². The Hall–Kier alpha value is -1.11. The Kier molecular flexibility index (Phi) is 4.92. The Labute approximate surface area is 94.5 Å². The highest BCUT2D eigenvalue weighted by Crippen LogP contribution is 2.08. The van der Waals surface area contributed by atoms with Gasteiger partial charge in [-0.3, -0.25) is 9.59 Å². The molecule has 94 valence electrons. The fourth-order valence-electron chi connectivity index (χ4n) is 0.866. The fourth-order valence-corrected chi connectivity index (χ4v) is 1.91. The maximum absolute atomic E-state index is 11.3. The Balaban J connectivity index is 4.27. The van der Waals surface area contributed by atoms with Crippen LogP contribution >= 0.6 is 0 Å². The third-order valence-electron chi connectivity index (χ3n) is 1.38. The van der Waals surface area contributed by atoms with E-state index in [1.165, 1.54) is 0 Å². The summed E-state index contributed by atoms with van der Waals surface area (Å²) in [6.07, 6.45) is -0.509. The van der Waals surface area contributed by atoms with Crippen LogP contribution in [0.25, 0.3) is 0 Å². The lowest BCUT2D eigenvalue weighted by molar-refractivity contribution is -0.151. The molecule has 0 aliphatic carbocycles. The molecule has 16 heavy (non-hydrogen) atoms. The largest absolute Gasteiger partial charge is 0.481 e. The number of carbonyl (C=O) groups is 2. The van der Waals surface area contributed by atoms with Crippen molar-refractivity contribution >= 4 is 21.8 Å². The molecule has 1 N–H and O–H groups in total. The fraction of sp³-hybridized carbons (Fsp3) is 0.778. The smallest absolute Gasteiger partial charge is 0.321 e. The minimum absolute atomic E-state index is 0.509. The zero-order chi connectivity index (χ0) is 13.0. The molecule has 0 heterocycles. The van der Waals surface area contributed by atoms with Crippen molar-refractivity contribution in [3.8, 4) is 0 Å². The van der Waals surface area contributed by atoms with Gasteiger partial charge in [0.05, 0.1) is 12.2 Å². The molecule has 0 radical (unpaired) electrons. The summed E-state index contributed by atoms with van der Waals surface area (Å²) in [6, 6.07) is 0. The van der Waals surface area contributed by atoms with Gasteiger partial charge in [0.1, 0.15) is 11.4 Å². The van der Waals surface area contributed by atoms with Crippen LogP contribution in [-0.4, -0.2) is 42.6 Å². The molecule has 7 heteroatoms. The van der Waals surface area contributed by atoms with Crippen molar-refractivity contribution in [2.45, 2.75) is 32.8 Å². The summed E-state index contributed by atoms with van der Waals surface area (Å²) in [5.41, 5.74) is -0.751. The molecule has 0 aliphatic heterocycles. The third-order valence-corrected chi connectivity index (χ3v) is 2.89. The number of aliphatic carboxylic acids is 1. The average molecular weight is 252 g/mol. The SMILES string of the molecule is CC(C)(C)OC(=O)CS(=O)(=O)CCC(=O)O. The van der Waals surface area contributed by atoms with Gasteiger partial charge >= 0.3 is 11.9 Å². The van der Waals surface area contributed by atoms with Gasteiger partial charge < -0.3 is 9.84 Å². The van der Waals surface area contributed by atoms with E-state index in [9.17, 15) is 18.0 Å². The number of rotatable bonds is 5. The minimum Gasteiger partial charge on any atom is -0.481 e. The number of carbonyl (C=O) groups excluding carboxylic acids is 1. The highest BCUT2D eigenvalue weighted by atomic mass is 32.2. The first-order valence-electron chi connectivity index (χ1n) is 4.66. The van der Waals surface area contributed by atoms with Crippen LogP contribution in [0.15, 0.2) is 0 Å². The second-order valence-electron chi connectivity index (χ2n) is 4.32. The molecule has 6 nitrogen and oxygen atoms in total. The molecular formula is C9H16O6S. The van der Waals surface area contributed by atoms with Crippen molar-refractivity contribution in [3.63, 3.8) is 0 Å². The van der Waals surface area contributed by atoms with Gasteiger partial charge in [0.15, 0.2) is 9.84 Å². The van der Waals surface area contributed by atoms with E-state index in [2.05, 4.69) is 0 Å². The molecule has 0 unspecified atom stereocenters. The van der Waals surface area contributed by atoms with Crippen LogP contribution < -0.4 is 0 Å². The Bertz CT molecular complexity index is 362. The zero-order valence-electron chi connectivity index (χ0n) is 9.52. The quantitative estimate of drug-likeness (QED) is 0.703. The van der Waals surface area contributed by atoms with Crippen LogP contribution in [-0.2, 0) is 24.2 Å². The summed E-state index contributed by atoms with van der Waals surface area (Å²) >= 11 is 0. The third kappa shape index (κ3) is 8.22. The van der Waals surface area contributed by atoms with E-state index in [1.54, 1.807) is 20.8 Å². The van der Waals surface area contributed by atoms with Crippen LogP contribution in [0.3, 0.4) is 0 Å². The lowest BCUT2D eigenvalue weighted by atomic mass is 10.2.